The molecule has 1 N–H and O–H groups in total. The number of hydrogen-bond acceptors (Lipinski definition) is 5. The lowest BCUT2D eigenvalue weighted by molar-refractivity contribution is -0.130. The van der Waals surface area contributed by atoms with Crippen LogP contribution in [0.25, 0.3) is 10.6 Å². The summed E-state index contributed by atoms with van der Waals surface area (Å²) in [5.74, 6) is 1.11. The van der Waals surface area contributed by atoms with Gasteiger partial charge in [-0.1, -0.05) is 37.9 Å². The highest BCUT2D eigenvalue weighted by Gasteiger charge is 2.41. The molecule has 6 nitrogen and oxygen atoms in total. The first-order valence-corrected chi connectivity index (χ1v) is 11.0. The summed E-state index contributed by atoms with van der Waals surface area (Å²) in [5, 5.41) is 9.18. The van der Waals surface area contributed by atoms with E-state index in [4.69, 9.17) is 4.52 Å². The summed E-state index contributed by atoms with van der Waals surface area (Å²) in [6, 6.07) is 5.14. The summed E-state index contributed by atoms with van der Waals surface area (Å²) in [7, 11) is 0. The van der Waals surface area contributed by atoms with Crippen LogP contribution in [0.2, 0.25) is 0 Å². The molecule has 2 atom stereocenters. The zero-order chi connectivity index (χ0) is 19.7. The number of thiophene rings is 1. The topological polar surface area (TPSA) is 75.4 Å². The van der Waals surface area contributed by atoms with Crippen LogP contribution in [0.1, 0.15) is 56.4 Å². The Bertz CT molecular complexity index is 824. The Hall–Kier alpha value is -2.15. The Labute approximate surface area is 169 Å². The van der Waals surface area contributed by atoms with Crippen LogP contribution in [-0.2, 0) is 4.79 Å². The van der Waals surface area contributed by atoms with Crippen LogP contribution in [0.15, 0.2) is 28.1 Å². The second-order valence-electron chi connectivity index (χ2n) is 8.32. The van der Waals surface area contributed by atoms with Gasteiger partial charge in [0, 0.05) is 18.7 Å². The van der Waals surface area contributed by atoms with Crippen molar-refractivity contribution >= 4 is 23.2 Å². The average Bonchev–Trinajstić information content (AvgIpc) is 3.42. The predicted molar refractivity (Wildman–Crippen MR) is 108 cm³/mol. The third-order valence-corrected chi connectivity index (χ3v) is 6.70. The number of carbonyl (C=O) groups is 2. The van der Waals surface area contributed by atoms with Crippen LogP contribution in [-0.4, -0.2) is 40.5 Å². The molecule has 1 saturated carbocycles. The molecule has 1 aliphatic carbocycles. The Morgan fingerprint density at radius 2 is 2.18 bits per heavy atom. The molecule has 1 aliphatic heterocycles. The van der Waals surface area contributed by atoms with E-state index in [1.165, 1.54) is 12.8 Å². The van der Waals surface area contributed by atoms with E-state index in [1.54, 1.807) is 22.3 Å². The zero-order valence-electron chi connectivity index (χ0n) is 16.4. The molecule has 2 aliphatic rings. The van der Waals surface area contributed by atoms with Gasteiger partial charge in [0.05, 0.1) is 4.88 Å². The highest BCUT2D eigenvalue weighted by Crippen LogP contribution is 2.32. The summed E-state index contributed by atoms with van der Waals surface area (Å²) in [6.45, 7) is 4.70. The fourth-order valence-corrected chi connectivity index (χ4v) is 5.07. The molecule has 150 valence electrons. The Morgan fingerprint density at radius 3 is 2.86 bits per heavy atom. The Morgan fingerprint density at radius 1 is 1.39 bits per heavy atom. The number of carbonyl (C=O) groups excluding carboxylic acids is 2. The van der Waals surface area contributed by atoms with Gasteiger partial charge in [-0.05, 0) is 42.5 Å². The highest BCUT2D eigenvalue weighted by molar-refractivity contribution is 7.13. The van der Waals surface area contributed by atoms with Gasteiger partial charge in [0.25, 0.3) is 5.91 Å². The van der Waals surface area contributed by atoms with Crippen LogP contribution in [0.3, 0.4) is 0 Å². The number of rotatable bonds is 5. The molecule has 0 spiro atoms. The van der Waals surface area contributed by atoms with E-state index in [0.29, 0.717) is 30.6 Å². The lowest BCUT2D eigenvalue weighted by Gasteiger charge is -2.41. The number of hydrogen-bond donors (Lipinski definition) is 1. The third kappa shape index (κ3) is 3.85. The van der Waals surface area contributed by atoms with E-state index in [0.717, 1.165) is 17.7 Å². The molecule has 0 bridgehead atoms. The lowest BCUT2D eigenvalue weighted by atomic mass is 9.91. The minimum atomic E-state index is -0.452. The van der Waals surface area contributed by atoms with Gasteiger partial charge in [0.2, 0.25) is 5.91 Å². The maximum Gasteiger partial charge on any atom is 0.276 e. The Balaban J connectivity index is 1.58. The monoisotopic (exact) mass is 401 g/mol. The molecule has 28 heavy (non-hydrogen) atoms. The SMILES string of the molecule is CC(C)C[C@H]1C(=O)N[C@@H](C2CCCC2)CN1C(=O)c1cc(-c2cccs2)on1. The molecule has 0 unspecified atom stereocenters. The first kappa shape index (κ1) is 19.2. The number of nitrogens with zero attached hydrogens (tertiary/aromatic N) is 2. The summed E-state index contributed by atoms with van der Waals surface area (Å²) in [6.07, 6.45) is 5.29. The van der Waals surface area contributed by atoms with Gasteiger partial charge in [-0.25, -0.2) is 0 Å². The standard InChI is InChI=1S/C21H27N3O3S/c1-13(2)10-17-20(25)22-16(14-6-3-4-7-14)12-24(17)21(26)15-11-18(27-23-15)19-8-5-9-28-19/h5,8-9,11,13-14,16-17H,3-4,6-7,10,12H2,1-2H3,(H,22,25)/t16-,17+/m1/s1. The van der Waals surface area contributed by atoms with Gasteiger partial charge in [-0.15, -0.1) is 11.3 Å². The van der Waals surface area contributed by atoms with Crippen LogP contribution < -0.4 is 5.32 Å². The summed E-state index contributed by atoms with van der Waals surface area (Å²) >= 11 is 1.54. The van der Waals surface area contributed by atoms with Gasteiger partial charge in [-0.2, -0.15) is 0 Å². The summed E-state index contributed by atoms with van der Waals surface area (Å²) in [4.78, 5) is 28.9. The van der Waals surface area contributed by atoms with E-state index in [9.17, 15) is 9.59 Å². The van der Waals surface area contributed by atoms with Crippen molar-refractivity contribution in [3.63, 3.8) is 0 Å². The van der Waals surface area contributed by atoms with Gasteiger partial charge >= 0.3 is 0 Å². The predicted octanol–water partition coefficient (Wildman–Crippen LogP) is 3.95. The molecule has 7 heteroatoms. The third-order valence-electron chi connectivity index (χ3n) is 5.82. The Kier molecular flexibility index (Phi) is 5.53. The van der Waals surface area contributed by atoms with Crippen molar-refractivity contribution in [2.75, 3.05) is 6.54 Å². The highest BCUT2D eigenvalue weighted by atomic mass is 32.1. The van der Waals surface area contributed by atoms with E-state index >= 15 is 0 Å². The molecule has 2 amide bonds. The van der Waals surface area contributed by atoms with Gasteiger partial charge < -0.3 is 14.7 Å². The second-order valence-corrected chi connectivity index (χ2v) is 9.26. The smallest absolute Gasteiger partial charge is 0.276 e. The molecule has 2 aromatic rings. The zero-order valence-corrected chi connectivity index (χ0v) is 17.2. The minimum Gasteiger partial charge on any atom is -0.355 e. The molecule has 0 aromatic carbocycles. The first-order valence-electron chi connectivity index (χ1n) is 10.1. The van der Waals surface area contributed by atoms with Gasteiger partial charge in [0.1, 0.15) is 6.04 Å². The fraction of sp³-hybridized carbons (Fsp3) is 0.571. The lowest BCUT2D eigenvalue weighted by Crippen LogP contribution is -2.63. The second kappa shape index (κ2) is 8.07. The fourth-order valence-electron chi connectivity index (χ4n) is 4.40. The molecule has 3 heterocycles. The van der Waals surface area contributed by atoms with E-state index < -0.39 is 6.04 Å². The molecular formula is C21H27N3O3S. The number of piperazine rings is 1. The molecule has 4 rings (SSSR count). The van der Waals surface area contributed by atoms with Crippen molar-refractivity contribution in [3.05, 3.63) is 29.3 Å². The summed E-state index contributed by atoms with van der Waals surface area (Å²) < 4.78 is 5.40. The van der Waals surface area contributed by atoms with Crippen molar-refractivity contribution in [1.82, 2.24) is 15.4 Å². The van der Waals surface area contributed by atoms with Gasteiger partial charge in [0.15, 0.2) is 11.5 Å². The maximum atomic E-state index is 13.3. The minimum absolute atomic E-state index is 0.0334. The van der Waals surface area contributed by atoms with Crippen molar-refractivity contribution in [3.8, 4) is 10.6 Å². The van der Waals surface area contributed by atoms with Crippen LogP contribution in [0.5, 0.6) is 0 Å². The van der Waals surface area contributed by atoms with Crippen LogP contribution in [0.4, 0.5) is 0 Å². The molecule has 1 saturated heterocycles. The molecule has 0 radical (unpaired) electrons. The maximum absolute atomic E-state index is 13.3. The molecular weight excluding hydrogens is 374 g/mol. The first-order chi connectivity index (χ1) is 13.5. The van der Waals surface area contributed by atoms with Crippen LogP contribution in [0, 0.1) is 11.8 Å². The van der Waals surface area contributed by atoms with Crippen molar-refractivity contribution < 1.29 is 14.1 Å². The number of nitrogens with one attached hydrogen (secondary N) is 1. The average molecular weight is 402 g/mol. The quantitative estimate of drug-likeness (QED) is 0.823. The summed E-state index contributed by atoms with van der Waals surface area (Å²) in [5.41, 5.74) is 0.275. The number of aromatic nitrogens is 1. The number of amides is 2. The van der Waals surface area contributed by atoms with Crippen molar-refractivity contribution in [2.45, 2.75) is 58.0 Å². The van der Waals surface area contributed by atoms with Gasteiger partial charge in [-0.3, -0.25) is 9.59 Å². The van der Waals surface area contributed by atoms with E-state index in [1.807, 2.05) is 17.5 Å². The van der Waals surface area contributed by atoms with Crippen molar-refractivity contribution in [1.29, 1.82) is 0 Å². The van der Waals surface area contributed by atoms with Crippen LogP contribution >= 0.6 is 11.3 Å². The van der Waals surface area contributed by atoms with Crippen molar-refractivity contribution in [2.24, 2.45) is 11.8 Å². The molecule has 2 aromatic heterocycles. The van der Waals surface area contributed by atoms with E-state index in [2.05, 4.69) is 24.3 Å². The largest absolute Gasteiger partial charge is 0.355 e. The normalized spacial score (nSPS) is 23.4. The molecule has 2 fully saturated rings. The van der Waals surface area contributed by atoms with E-state index in [-0.39, 0.29) is 23.6 Å².